The number of fused-ring (bicyclic) bond motifs is 1. The number of rotatable bonds is 5. The first kappa shape index (κ1) is 19.7. The van der Waals surface area contributed by atoms with Crippen LogP contribution in [0.3, 0.4) is 0 Å². The maximum atomic E-state index is 13.5. The molecule has 2 fully saturated rings. The Morgan fingerprint density at radius 1 is 1.10 bits per heavy atom. The molecule has 7 nitrogen and oxygen atoms in total. The SMILES string of the molecule is Cc1ccc(Cn2c(=O)c(N3CCC(C(=O)NC4CC4)CC3)nc3cccnc32)cc1. The number of amides is 1. The number of benzene rings is 1. The summed E-state index contributed by atoms with van der Waals surface area (Å²) in [5, 5.41) is 3.11. The number of carbonyl (C=O) groups is 1. The van der Waals surface area contributed by atoms with Crippen LogP contribution in [0.15, 0.2) is 47.4 Å². The lowest BCUT2D eigenvalue weighted by molar-refractivity contribution is -0.125. The zero-order chi connectivity index (χ0) is 21.4. The molecule has 1 aromatic carbocycles. The molecule has 1 aliphatic heterocycles. The fourth-order valence-corrected chi connectivity index (χ4v) is 4.19. The van der Waals surface area contributed by atoms with Crippen LogP contribution < -0.4 is 15.8 Å². The fraction of sp³-hybridized carbons (Fsp3) is 0.417. The first-order valence-electron chi connectivity index (χ1n) is 11.0. The molecule has 0 radical (unpaired) electrons. The van der Waals surface area contributed by atoms with E-state index in [2.05, 4.69) is 27.4 Å². The van der Waals surface area contributed by atoms with Crippen molar-refractivity contribution < 1.29 is 4.79 Å². The topological polar surface area (TPSA) is 80.1 Å². The predicted octanol–water partition coefficient (Wildman–Crippen LogP) is 2.64. The Kier molecular flexibility index (Phi) is 5.18. The molecule has 0 atom stereocenters. The minimum absolute atomic E-state index is 0.0220. The molecule has 2 aromatic heterocycles. The highest BCUT2D eigenvalue weighted by Gasteiger charge is 2.31. The van der Waals surface area contributed by atoms with Crippen LogP contribution in [0.25, 0.3) is 11.2 Å². The molecule has 1 saturated carbocycles. The van der Waals surface area contributed by atoms with Crippen LogP contribution in [0.5, 0.6) is 0 Å². The minimum Gasteiger partial charge on any atom is -0.353 e. The van der Waals surface area contributed by atoms with Crippen molar-refractivity contribution in [1.29, 1.82) is 0 Å². The Morgan fingerprint density at radius 3 is 2.55 bits per heavy atom. The number of aryl methyl sites for hydroxylation is 1. The number of hydrogen-bond acceptors (Lipinski definition) is 5. The van der Waals surface area contributed by atoms with Crippen LogP contribution in [0.2, 0.25) is 0 Å². The summed E-state index contributed by atoms with van der Waals surface area (Å²) < 4.78 is 1.72. The van der Waals surface area contributed by atoms with E-state index >= 15 is 0 Å². The van der Waals surface area contributed by atoms with Gasteiger partial charge in [-0.3, -0.25) is 14.2 Å². The lowest BCUT2D eigenvalue weighted by Crippen LogP contribution is -2.43. The number of hydrogen-bond donors (Lipinski definition) is 1. The van der Waals surface area contributed by atoms with Gasteiger partial charge in [-0.25, -0.2) is 9.97 Å². The predicted molar refractivity (Wildman–Crippen MR) is 120 cm³/mol. The van der Waals surface area contributed by atoms with E-state index < -0.39 is 0 Å². The number of aromatic nitrogens is 3. The van der Waals surface area contributed by atoms with E-state index in [0.717, 1.165) is 31.2 Å². The quantitative estimate of drug-likeness (QED) is 0.690. The van der Waals surface area contributed by atoms with Gasteiger partial charge in [0.1, 0.15) is 5.52 Å². The van der Waals surface area contributed by atoms with E-state index in [1.165, 1.54) is 5.56 Å². The Balaban J connectivity index is 1.42. The summed E-state index contributed by atoms with van der Waals surface area (Å²) in [6.07, 6.45) is 5.37. The van der Waals surface area contributed by atoms with E-state index in [-0.39, 0.29) is 17.4 Å². The van der Waals surface area contributed by atoms with Crippen molar-refractivity contribution >= 4 is 22.9 Å². The van der Waals surface area contributed by atoms with Crippen molar-refractivity contribution in [2.75, 3.05) is 18.0 Å². The van der Waals surface area contributed by atoms with Crippen LogP contribution in [-0.4, -0.2) is 39.6 Å². The van der Waals surface area contributed by atoms with Crippen LogP contribution in [0.4, 0.5) is 5.82 Å². The number of nitrogens with one attached hydrogen (secondary N) is 1. The van der Waals surface area contributed by atoms with Crippen molar-refractivity contribution in [3.05, 3.63) is 64.1 Å². The van der Waals surface area contributed by atoms with Crippen molar-refractivity contribution in [1.82, 2.24) is 19.9 Å². The molecule has 2 aliphatic rings. The smallest absolute Gasteiger partial charge is 0.295 e. The fourth-order valence-electron chi connectivity index (χ4n) is 4.19. The van der Waals surface area contributed by atoms with E-state index in [9.17, 15) is 9.59 Å². The molecule has 160 valence electrons. The largest absolute Gasteiger partial charge is 0.353 e. The third-order valence-corrected chi connectivity index (χ3v) is 6.23. The molecule has 1 aliphatic carbocycles. The van der Waals surface area contributed by atoms with E-state index in [1.807, 2.05) is 36.1 Å². The van der Waals surface area contributed by atoms with Gasteiger partial charge in [0.05, 0.1) is 6.54 Å². The Labute approximate surface area is 181 Å². The number of pyridine rings is 1. The second kappa shape index (κ2) is 8.13. The lowest BCUT2D eigenvalue weighted by Gasteiger charge is -2.32. The van der Waals surface area contributed by atoms with E-state index in [0.29, 0.717) is 42.7 Å². The first-order valence-corrected chi connectivity index (χ1v) is 11.0. The molecular formula is C24H27N5O2. The molecule has 0 bridgehead atoms. The first-order chi connectivity index (χ1) is 15.1. The Bertz CT molecular complexity index is 1160. The van der Waals surface area contributed by atoms with Gasteiger partial charge in [0, 0.05) is 31.2 Å². The van der Waals surface area contributed by atoms with Gasteiger partial charge in [-0.2, -0.15) is 0 Å². The molecule has 1 N–H and O–H groups in total. The summed E-state index contributed by atoms with van der Waals surface area (Å²) in [7, 11) is 0. The average Bonchev–Trinajstić information content (AvgIpc) is 3.61. The summed E-state index contributed by atoms with van der Waals surface area (Å²) in [5.41, 5.74) is 3.40. The summed E-state index contributed by atoms with van der Waals surface area (Å²) in [6.45, 7) is 3.80. The highest BCUT2D eigenvalue weighted by Crippen LogP contribution is 2.24. The molecule has 1 saturated heterocycles. The highest BCUT2D eigenvalue weighted by molar-refractivity contribution is 5.79. The van der Waals surface area contributed by atoms with Gasteiger partial charge in [-0.1, -0.05) is 29.8 Å². The Morgan fingerprint density at radius 2 is 1.84 bits per heavy atom. The maximum Gasteiger partial charge on any atom is 0.295 e. The van der Waals surface area contributed by atoms with Crippen molar-refractivity contribution in [3.8, 4) is 0 Å². The third-order valence-electron chi connectivity index (χ3n) is 6.23. The van der Waals surface area contributed by atoms with Crippen LogP contribution in [-0.2, 0) is 11.3 Å². The summed E-state index contributed by atoms with van der Waals surface area (Å²) in [5.74, 6) is 0.636. The number of anilines is 1. The monoisotopic (exact) mass is 417 g/mol. The minimum atomic E-state index is -0.132. The van der Waals surface area contributed by atoms with Crippen LogP contribution in [0.1, 0.15) is 36.8 Å². The number of piperidine rings is 1. The zero-order valence-corrected chi connectivity index (χ0v) is 17.8. The number of carbonyl (C=O) groups excluding carboxylic acids is 1. The molecular weight excluding hydrogens is 390 g/mol. The second-order valence-electron chi connectivity index (χ2n) is 8.70. The average molecular weight is 418 g/mol. The normalized spacial score (nSPS) is 17.1. The van der Waals surface area contributed by atoms with Crippen molar-refractivity contribution in [2.45, 2.75) is 45.2 Å². The Hall–Kier alpha value is -3.22. The molecule has 0 spiro atoms. The molecule has 0 unspecified atom stereocenters. The van der Waals surface area contributed by atoms with Crippen molar-refractivity contribution in [3.63, 3.8) is 0 Å². The van der Waals surface area contributed by atoms with Gasteiger partial charge in [-0.05, 0) is 50.3 Å². The molecule has 3 aromatic rings. The van der Waals surface area contributed by atoms with E-state index in [1.54, 1.807) is 10.8 Å². The van der Waals surface area contributed by atoms with Gasteiger partial charge in [0.2, 0.25) is 5.91 Å². The summed E-state index contributed by atoms with van der Waals surface area (Å²) in [6, 6.07) is 12.3. The highest BCUT2D eigenvalue weighted by atomic mass is 16.2. The van der Waals surface area contributed by atoms with Gasteiger partial charge in [0.15, 0.2) is 11.5 Å². The molecule has 3 heterocycles. The molecule has 31 heavy (non-hydrogen) atoms. The van der Waals surface area contributed by atoms with Crippen LogP contribution >= 0.6 is 0 Å². The lowest BCUT2D eigenvalue weighted by atomic mass is 9.96. The number of nitrogens with zero attached hydrogens (tertiary/aromatic N) is 4. The van der Waals surface area contributed by atoms with Gasteiger partial charge in [0.25, 0.3) is 5.56 Å². The van der Waals surface area contributed by atoms with Gasteiger partial charge in [-0.15, -0.1) is 0 Å². The summed E-state index contributed by atoms with van der Waals surface area (Å²) in [4.78, 5) is 37.0. The summed E-state index contributed by atoms with van der Waals surface area (Å²) >= 11 is 0. The third kappa shape index (κ3) is 4.17. The van der Waals surface area contributed by atoms with Crippen molar-refractivity contribution in [2.24, 2.45) is 5.92 Å². The van der Waals surface area contributed by atoms with Gasteiger partial charge < -0.3 is 10.2 Å². The zero-order valence-electron chi connectivity index (χ0n) is 17.8. The molecule has 5 rings (SSSR count). The standard InChI is InChI=1S/C24H27N5O2/c1-16-4-6-17(7-5-16)15-29-21-20(3-2-12-25-21)27-22(24(29)31)28-13-10-18(11-14-28)23(30)26-19-8-9-19/h2-7,12,18-19H,8-11,13-15H2,1H3,(H,26,30). The molecule has 7 heteroatoms. The second-order valence-corrected chi connectivity index (χ2v) is 8.70. The van der Waals surface area contributed by atoms with Gasteiger partial charge >= 0.3 is 0 Å². The van der Waals surface area contributed by atoms with E-state index in [4.69, 9.17) is 0 Å². The maximum absolute atomic E-state index is 13.5. The van der Waals surface area contributed by atoms with Crippen LogP contribution in [0, 0.1) is 12.8 Å². The molecule has 1 amide bonds.